The summed E-state index contributed by atoms with van der Waals surface area (Å²) in [5.41, 5.74) is -0.0236. The largest absolute Gasteiger partial charge is 0.507 e. The molecule has 0 bridgehead atoms. The van der Waals surface area contributed by atoms with Crippen molar-refractivity contribution in [3.63, 3.8) is 0 Å². The molecule has 102 valence electrons. The summed E-state index contributed by atoms with van der Waals surface area (Å²) >= 11 is 0. The van der Waals surface area contributed by atoms with E-state index in [1.165, 1.54) is 36.4 Å². The monoisotopic (exact) mass is 274 g/mol. The van der Waals surface area contributed by atoms with Crippen molar-refractivity contribution in [2.24, 2.45) is 0 Å². The van der Waals surface area contributed by atoms with E-state index in [1.807, 2.05) is 0 Å². The number of ether oxygens (including phenoxy) is 1. The Morgan fingerprint density at radius 3 is 2.20 bits per heavy atom. The van der Waals surface area contributed by atoms with Crippen LogP contribution in [0.25, 0.3) is 11.1 Å². The number of carboxylic acid groups (broad SMARTS) is 1. The molecular formula is C14H10O6. The highest BCUT2D eigenvalue weighted by molar-refractivity contribution is 6.00. The fourth-order valence-corrected chi connectivity index (χ4v) is 1.90. The molecule has 0 saturated carbocycles. The summed E-state index contributed by atoms with van der Waals surface area (Å²) in [5, 5.41) is 28.5. The average Bonchev–Trinajstić information content (AvgIpc) is 2.40. The third-order valence-corrected chi connectivity index (χ3v) is 2.71. The number of carbonyl (C=O) groups excluding carboxylic acids is 1. The highest BCUT2D eigenvalue weighted by Crippen LogP contribution is 2.40. The second kappa shape index (κ2) is 5.31. The predicted molar refractivity (Wildman–Crippen MR) is 68.9 cm³/mol. The molecule has 0 saturated heterocycles. The van der Waals surface area contributed by atoms with Crippen LogP contribution in [-0.2, 0) is 4.79 Å². The number of carboxylic acids is 1. The standard InChI is InChI=1S/C14H10O6/c15-7-20-13-9(4-2-6-11(13)17)8-3-1-5-10(16)12(8)14(18)19/h1-7,16-17H,(H,18,19). The van der Waals surface area contributed by atoms with Gasteiger partial charge in [0.1, 0.15) is 11.3 Å². The molecule has 0 atom stereocenters. The molecular weight excluding hydrogens is 264 g/mol. The lowest BCUT2D eigenvalue weighted by Gasteiger charge is -2.12. The molecule has 0 radical (unpaired) electrons. The van der Waals surface area contributed by atoms with Crippen molar-refractivity contribution in [1.82, 2.24) is 0 Å². The first kappa shape index (κ1) is 13.4. The maximum Gasteiger partial charge on any atom is 0.340 e. The highest BCUT2D eigenvalue weighted by Gasteiger charge is 2.20. The minimum atomic E-state index is -1.33. The Balaban J connectivity index is 2.75. The molecule has 0 spiro atoms. The quantitative estimate of drug-likeness (QED) is 0.736. The van der Waals surface area contributed by atoms with Crippen LogP contribution in [0.5, 0.6) is 17.2 Å². The van der Waals surface area contributed by atoms with E-state index in [2.05, 4.69) is 0 Å². The van der Waals surface area contributed by atoms with Gasteiger partial charge in [0.05, 0.1) is 0 Å². The SMILES string of the molecule is O=COc1c(O)cccc1-c1cccc(O)c1C(=O)O. The van der Waals surface area contributed by atoms with Gasteiger partial charge in [-0.1, -0.05) is 24.3 Å². The third-order valence-electron chi connectivity index (χ3n) is 2.71. The van der Waals surface area contributed by atoms with Crippen molar-refractivity contribution < 1.29 is 29.6 Å². The van der Waals surface area contributed by atoms with Gasteiger partial charge in [-0.2, -0.15) is 0 Å². The van der Waals surface area contributed by atoms with E-state index in [4.69, 9.17) is 9.84 Å². The van der Waals surface area contributed by atoms with Gasteiger partial charge >= 0.3 is 5.97 Å². The summed E-state index contributed by atoms with van der Waals surface area (Å²) < 4.78 is 4.69. The molecule has 0 heterocycles. The molecule has 0 unspecified atom stereocenters. The number of hydrogen-bond donors (Lipinski definition) is 3. The number of carbonyl (C=O) groups is 2. The lowest BCUT2D eigenvalue weighted by molar-refractivity contribution is -0.120. The number of rotatable bonds is 4. The number of aromatic carboxylic acids is 1. The van der Waals surface area contributed by atoms with Crippen molar-refractivity contribution in [3.8, 4) is 28.4 Å². The van der Waals surface area contributed by atoms with Crippen molar-refractivity contribution in [2.45, 2.75) is 0 Å². The zero-order valence-electron chi connectivity index (χ0n) is 10.1. The van der Waals surface area contributed by atoms with Crippen LogP contribution in [0.2, 0.25) is 0 Å². The van der Waals surface area contributed by atoms with Crippen LogP contribution in [0.3, 0.4) is 0 Å². The summed E-state index contributed by atoms with van der Waals surface area (Å²) in [6.45, 7) is 0.127. The maximum absolute atomic E-state index is 11.2. The first-order valence-electron chi connectivity index (χ1n) is 5.54. The minimum absolute atomic E-state index is 0.127. The molecule has 2 rings (SSSR count). The number of phenolic OH excluding ortho intramolecular Hbond substituents is 1. The number of para-hydroxylation sites is 1. The molecule has 0 aromatic heterocycles. The number of phenols is 2. The van der Waals surface area contributed by atoms with Crippen LogP contribution >= 0.6 is 0 Å². The van der Waals surface area contributed by atoms with E-state index in [0.29, 0.717) is 0 Å². The summed E-state index contributed by atoms with van der Waals surface area (Å²) in [4.78, 5) is 21.7. The van der Waals surface area contributed by atoms with Crippen LogP contribution in [0.1, 0.15) is 10.4 Å². The smallest absolute Gasteiger partial charge is 0.340 e. The van der Waals surface area contributed by atoms with E-state index in [-0.39, 0.29) is 34.7 Å². The van der Waals surface area contributed by atoms with Gasteiger partial charge in [0, 0.05) is 11.1 Å². The van der Waals surface area contributed by atoms with Gasteiger partial charge in [-0.3, -0.25) is 4.79 Å². The Kier molecular flexibility index (Phi) is 3.56. The van der Waals surface area contributed by atoms with Crippen LogP contribution in [-0.4, -0.2) is 27.8 Å². The molecule has 0 fully saturated rings. The first-order valence-corrected chi connectivity index (χ1v) is 5.54. The third kappa shape index (κ3) is 2.26. The molecule has 0 aliphatic rings. The number of aromatic hydroxyl groups is 2. The Bertz CT molecular complexity index is 677. The van der Waals surface area contributed by atoms with Gasteiger partial charge in [0.15, 0.2) is 11.5 Å². The van der Waals surface area contributed by atoms with Crippen molar-refractivity contribution in [1.29, 1.82) is 0 Å². The zero-order valence-corrected chi connectivity index (χ0v) is 10.1. The molecule has 0 amide bonds. The lowest BCUT2D eigenvalue weighted by atomic mass is 9.97. The van der Waals surface area contributed by atoms with E-state index in [9.17, 15) is 19.8 Å². The highest BCUT2D eigenvalue weighted by atomic mass is 16.5. The van der Waals surface area contributed by atoms with Gasteiger partial charge in [-0.15, -0.1) is 0 Å². The van der Waals surface area contributed by atoms with E-state index >= 15 is 0 Å². The van der Waals surface area contributed by atoms with Gasteiger partial charge in [-0.25, -0.2) is 4.79 Å². The van der Waals surface area contributed by atoms with Gasteiger partial charge < -0.3 is 20.1 Å². The molecule has 0 aliphatic heterocycles. The summed E-state index contributed by atoms with van der Waals surface area (Å²) in [6, 6.07) is 8.36. The van der Waals surface area contributed by atoms with Crippen LogP contribution < -0.4 is 4.74 Å². The zero-order chi connectivity index (χ0) is 14.7. The van der Waals surface area contributed by atoms with E-state index in [0.717, 1.165) is 0 Å². The Hall–Kier alpha value is -3.02. The molecule has 3 N–H and O–H groups in total. The molecule has 6 nitrogen and oxygen atoms in total. The van der Waals surface area contributed by atoms with Crippen LogP contribution in [0.15, 0.2) is 36.4 Å². The van der Waals surface area contributed by atoms with Gasteiger partial charge in [0.25, 0.3) is 6.47 Å². The second-order valence-corrected chi connectivity index (χ2v) is 3.87. The van der Waals surface area contributed by atoms with Crippen molar-refractivity contribution >= 4 is 12.4 Å². The first-order chi connectivity index (χ1) is 9.56. The molecule has 2 aromatic rings. The van der Waals surface area contributed by atoms with Crippen LogP contribution in [0, 0.1) is 0 Å². The van der Waals surface area contributed by atoms with E-state index in [1.54, 1.807) is 0 Å². The fraction of sp³-hybridized carbons (Fsp3) is 0. The van der Waals surface area contributed by atoms with Gasteiger partial charge in [-0.05, 0) is 12.1 Å². The van der Waals surface area contributed by atoms with E-state index < -0.39 is 11.7 Å². The minimum Gasteiger partial charge on any atom is -0.507 e. The van der Waals surface area contributed by atoms with Crippen molar-refractivity contribution in [2.75, 3.05) is 0 Å². The predicted octanol–water partition coefficient (Wildman–Crippen LogP) is 2.00. The summed E-state index contributed by atoms with van der Waals surface area (Å²) in [7, 11) is 0. The maximum atomic E-state index is 11.2. The summed E-state index contributed by atoms with van der Waals surface area (Å²) in [6.07, 6.45) is 0. The molecule has 2 aromatic carbocycles. The van der Waals surface area contributed by atoms with Crippen molar-refractivity contribution in [3.05, 3.63) is 42.0 Å². The molecule has 20 heavy (non-hydrogen) atoms. The fourth-order valence-electron chi connectivity index (χ4n) is 1.90. The Morgan fingerprint density at radius 2 is 1.60 bits per heavy atom. The van der Waals surface area contributed by atoms with Crippen LogP contribution in [0.4, 0.5) is 0 Å². The molecule has 6 heteroatoms. The van der Waals surface area contributed by atoms with Gasteiger partial charge in [0.2, 0.25) is 0 Å². The lowest BCUT2D eigenvalue weighted by Crippen LogP contribution is -2.01. The Labute approximate surface area is 113 Å². The summed E-state index contributed by atoms with van der Waals surface area (Å²) in [5.74, 6) is -2.24. The normalized spacial score (nSPS) is 10.0. The number of hydrogen-bond acceptors (Lipinski definition) is 5. The Morgan fingerprint density at radius 1 is 1.00 bits per heavy atom. The molecule has 0 aliphatic carbocycles. The average molecular weight is 274 g/mol. The second-order valence-electron chi connectivity index (χ2n) is 3.87. The topological polar surface area (TPSA) is 104 Å². The number of benzene rings is 2.